The van der Waals surface area contributed by atoms with Gasteiger partial charge in [0.05, 0.1) is 0 Å². The molecule has 0 atom stereocenters. The minimum atomic E-state index is 0.534. The molecule has 0 aromatic heterocycles. The van der Waals surface area contributed by atoms with E-state index < -0.39 is 0 Å². The number of nitrogens with one attached hydrogen (secondary N) is 1. The molecule has 0 saturated carbocycles. The molecular weight excluding hydrogens is 236 g/mol. The van der Waals surface area contributed by atoms with Gasteiger partial charge in [-0.2, -0.15) is 0 Å². The fourth-order valence-electron chi connectivity index (χ4n) is 1.88. The monoisotopic (exact) mass is 256 g/mol. The van der Waals surface area contributed by atoms with E-state index in [1.165, 1.54) is 11.1 Å². The molecule has 0 fully saturated rings. The highest BCUT2D eigenvalue weighted by molar-refractivity contribution is 5.46. The van der Waals surface area contributed by atoms with Crippen molar-refractivity contribution < 1.29 is 4.74 Å². The van der Waals surface area contributed by atoms with Crippen LogP contribution in [0.25, 0.3) is 0 Å². The third-order valence-electron chi connectivity index (χ3n) is 2.80. The zero-order chi connectivity index (χ0) is 13.5. The van der Waals surface area contributed by atoms with Gasteiger partial charge in [-0.05, 0) is 42.3 Å². The van der Waals surface area contributed by atoms with Gasteiger partial charge >= 0.3 is 0 Å². The number of rotatable bonds is 6. The highest BCUT2D eigenvalue weighted by Gasteiger charge is 1.98. The maximum Gasteiger partial charge on any atom is 0.119 e. The Bertz CT molecular complexity index is 526. The van der Waals surface area contributed by atoms with Crippen LogP contribution in [0.2, 0.25) is 0 Å². The number of nitrogens with two attached hydrogens (primary N) is 1. The molecule has 0 spiro atoms. The molecule has 2 aromatic rings. The maximum absolute atomic E-state index is 5.51. The van der Waals surface area contributed by atoms with Crippen molar-refractivity contribution in [3.8, 4) is 5.75 Å². The van der Waals surface area contributed by atoms with E-state index in [1.807, 2.05) is 18.2 Å². The molecule has 2 rings (SSSR count). The Hall–Kier alpha value is -2.00. The molecule has 19 heavy (non-hydrogen) atoms. The molecule has 2 aromatic carbocycles. The summed E-state index contributed by atoms with van der Waals surface area (Å²) in [6, 6.07) is 16.4. The molecule has 3 nitrogen and oxygen atoms in total. The first-order valence-electron chi connectivity index (χ1n) is 6.50. The van der Waals surface area contributed by atoms with E-state index in [9.17, 15) is 0 Å². The van der Waals surface area contributed by atoms with Crippen molar-refractivity contribution in [2.45, 2.75) is 13.5 Å². The first-order chi connectivity index (χ1) is 9.28. The highest BCUT2D eigenvalue weighted by atomic mass is 16.5. The largest absolute Gasteiger partial charge is 0.492 e. The average molecular weight is 256 g/mol. The van der Waals surface area contributed by atoms with E-state index in [0.29, 0.717) is 13.2 Å². The van der Waals surface area contributed by atoms with Crippen LogP contribution in [0.15, 0.2) is 48.5 Å². The Morgan fingerprint density at radius 1 is 1.11 bits per heavy atom. The first kappa shape index (κ1) is 13.4. The summed E-state index contributed by atoms with van der Waals surface area (Å²) in [5.74, 6) is 0.869. The zero-order valence-corrected chi connectivity index (χ0v) is 11.2. The molecule has 0 bridgehead atoms. The van der Waals surface area contributed by atoms with Crippen LogP contribution in [-0.2, 0) is 6.54 Å². The topological polar surface area (TPSA) is 47.3 Å². The Morgan fingerprint density at radius 2 is 1.95 bits per heavy atom. The van der Waals surface area contributed by atoms with Gasteiger partial charge in [0, 0.05) is 18.8 Å². The Labute approximate surface area is 114 Å². The van der Waals surface area contributed by atoms with Gasteiger partial charge in [0.15, 0.2) is 0 Å². The fourth-order valence-corrected chi connectivity index (χ4v) is 1.88. The molecule has 3 heteroatoms. The van der Waals surface area contributed by atoms with Crippen molar-refractivity contribution in [2.24, 2.45) is 5.73 Å². The third kappa shape index (κ3) is 4.30. The van der Waals surface area contributed by atoms with E-state index >= 15 is 0 Å². The van der Waals surface area contributed by atoms with Gasteiger partial charge in [-0.15, -0.1) is 0 Å². The van der Waals surface area contributed by atoms with Crippen molar-refractivity contribution in [3.63, 3.8) is 0 Å². The Kier molecular flexibility index (Phi) is 4.81. The number of aryl methyl sites for hydroxylation is 1. The number of ether oxygens (including phenoxy) is 1. The van der Waals surface area contributed by atoms with Crippen LogP contribution in [0.4, 0.5) is 5.69 Å². The number of benzene rings is 2. The summed E-state index contributed by atoms with van der Waals surface area (Å²) in [6.07, 6.45) is 0. The van der Waals surface area contributed by atoms with Crippen LogP contribution in [0.1, 0.15) is 11.1 Å². The van der Waals surface area contributed by atoms with E-state index in [1.54, 1.807) is 0 Å². The van der Waals surface area contributed by atoms with Crippen LogP contribution >= 0.6 is 0 Å². The maximum atomic E-state index is 5.51. The lowest BCUT2D eigenvalue weighted by Crippen LogP contribution is -2.10. The van der Waals surface area contributed by atoms with Crippen molar-refractivity contribution >= 4 is 5.69 Å². The first-order valence-corrected chi connectivity index (χ1v) is 6.50. The van der Waals surface area contributed by atoms with Crippen molar-refractivity contribution in [3.05, 3.63) is 59.7 Å². The fraction of sp³-hybridized carbons (Fsp3) is 0.250. The van der Waals surface area contributed by atoms with Crippen LogP contribution < -0.4 is 15.8 Å². The minimum Gasteiger partial charge on any atom is -0.492 e. The van der Waals surface area contributed by atoms with E-state index in [0.717, 1.165) is 18.0 Å². The van der Waals surface area contributed by atoms with Gasteiger partial charge in [-0.25, -0.2) is 0 Å². The summed E-state index contributed by atoms with van der Waals surface area (Å²) in [7, 11) is 0. The Morgan fingerprint density at radius 3 is 2.74 bits per heavy atom. The molecule has 100 valence electrons. The molecular formula is C16H20N2O. The molecule has 0 unspecified atom stereocenters. The van der Waals surface area contributed by atoms with Gasteiger partial charge in [0.25, 0.3) is 0 Å². The molecule has 0 saturated heterocycles. The zero-order valence-electron chi connectivity index (χ0n) is 11.2. The quantitative estimate of drug-likeness (QED) is 0.835. The normalized spacial score (nSPS) is 10.2. The van der Waals surface area contributed by atoms with E-state index in [4.69, 9.17) is 10.5 Å². The van der Waals surface area contributed by atoms with Crippen LogP contribution in [0.3, 0.4) is 0 Å². The molecule has 0 aliphatic heterocycles. The van der Waals surface area contributed by atoms with E-state index in [-0.39, 0.29) is 0 Å². The number of anilines is 1. The predicted octanol–water partition coefficient (Wildman–Crippen LogP) is 2.94. The summed E-state index contributed by atoms with van der Waals surface area (Å²) in [6.45, 7) is 3.95. The van der Waals surface area contributed by atoms with Gasteiger partial charge in [-0.3, -0.25) is 0 Å². The van der Waals surface area contributed by atoms with Gasteiger partial charge < -0.3 is 15.8 Å². The third-order valence-corrected chi connectivity index (χ3v) is 2.80. The van der Waals surface area contributed by atoms with Gasteiger partial charge in [0.2, 0.25) is 0 Å². The lowest BCUT2D eigenvalue weighted by atomic mass is 10.2. The summed E-state index contributed by atoms with van der Waals surface area (Å²) in [5, 5.41) is 3.40. The smallest absolute Gasteiger partial charge is 0.119 e. The minimum absolute atomic E-state index is 0.534. The number of hydrogen-bond acceptors (Lipinski definition) is 3. The summed E-state index contributed by atoms with van der Waals surface area (Å²) >= 11 is 0. The molecule has 0 radical (unpaired) electrons. The second kappa shape index (κ2) is 6.81. The second-order valence-electron chi connectivity index (χ2n) is 4.51. The number of hydrogen-bond donors (Lipinski definition) is 2. The lowest BCUT2D eigenvalue weighted by molar-refractivity contribution is 0.328. The van der Waals surface area contributed by atoms with Crippen molar-refractivity contribution in [1.29, 1.82) is 0 Å². The molecule has 0 heterocycles. The second-order valence-corrected chi connectivity index (χ2v) is 4.51. The molecule has 0 aliphatic rings. The van der Waals surface area contributed by atoms with Gasteiger partial charge in [0.1, 0.15) is 12.4 Å². The molecule has 0 aliphatic carbocycles. The van der Waals surface area contributed by atoms with Crippen molar-refractivity contribution in [2.75, 3.05) is 18.5 Å². The van der Waals surface area contributed by atoms with Crippen LogP contribution in [0, 0.1) is 6.92 Å². The van der Waals surface area contributed by atoms with Crippen LogP contribution in [0.5, 0.6) is 5.75 Å². The van der Waals surface area contributed by atoms with Gasteiger partial charge in [-0.1, -0.05) is 24.3 Å². The standard InChI is InChI=1S/C16H20N2O/c1-13-4-2-6-15(10-13)18-12-14-5-3-7-16(11-14)19-9-8-17/h2-7,10-11,18H,8-9,12,17H2,1H3. The molecule has 0 amide bonds. The van der Waals surface area contributed by atoms with Crippen molar-refractivity contribution in [1.82, 2.24) is 0 Å². The molecule has 3 N–H and O–H groups in total. The van der Waals surface area contributed by atoms with Crippen LogP contribution in [-0.4, -0.2) is 13.2 Å². The SMILES string of the molecule is Cc1cccc(NCc2cccc(OCCN)c2)c1. The highest BCUT2D eigenvalue weighted by Crippen LogP contribution is 2.15. The Balaban J connectivity index is 1.95. The predicted molar refractivity (Wildman–Crippen MR) is 79.5 cm³/mol. The average Bonchev–Trinajstić information content (AvgIpc) is 2.43. The summed E-state index contributed by atoms with van der Waals surface area (Å²) in [5.41, 5.74) is 9.00. The summed E-state index contributed by atoms with van der Waals surface area (Å²) < 4.78 is 5.51. The van der Waals surface area contributed by atoms with E-state index in [2.05, 4.69) is 42.6 Å². The lowest BCUT2D eigenvalue weighted by Gasteiger charge is -2.09. The summed E-state index contributed by atoms with van der Waals surface area (Å²) in [4.78, 5) is 0.